The predicted octanol–water partition coefficient (Wildman–Crippen LogP) is -0.108. The first kappa shape index (κ1) is 13.2. The molecule has 0 saturated carbocycles. The molecule has 0 amide bonds. The zero-order chi connectivity index (χ0) is 13.8. The summed E-state index contributed by atoms with van der Waals surface area (Å²) in [7, 11) is -0.316. The van der Waals surface area contributed by atoms with Crippen LogP contribution in [0.1, 0.15) is 27.7 Å². The highest BCUT2D eigenvalue weighted by molar-refractivity contribution is 6.62. The molecule has 0 spiro atoms. The molecule has 0 atom stereocenters. The second-order valence-corrected chi connectivity index (χ2v) is 7.20. The van der Waals surface area contributed by atoms with Gasteiger partial charge in [-0.25, -0.2) is 4.98 Å². The molecule has 0 aromatic carbocycles. The molecule has 98 valence electrons. The van der Waals surface area contributed by atoms with Crippen LogP contribution in [0.25, 0.3) is 5.65 Å². The van der Waals surface area contributed by atoms with Crippen molar-refractivity contribution >= 4 is 39.1 Å². The lowest BCUT2D eigenvalue weighted by atomic mass is 9.80. The number of fused-ring (bicyclic) bond motifs is 1. The number of aromatic nitrogens is 2. The average molecular weight is 272 g/mol. The fourth-order valence-corrected chi connectivity index (χ4v) is 2.76. The molecule has 0 aliphatic carbocycles. The summed E-state index contributed by atoms with van der Waals surface area (Å²) in [6.45, 7) is 8.27. The molecule has 0 N–H and O–H groups in total. The maximum Gasteiger partial charge on any atom is 0.495 e. The van der Waals surface area contributed by atoms with Crippen molar-refractivity contribution in [2.24, 2.45) is 0 Å². The van der Waals surface area contributed by atoms with Crippen molar-refractivity contribution in [3.63, 3.8) is 0 Å². The summed E-state index contributed by atoms with van der Waals surface area (Å²) in [6, 6.07) is 4.10. The zero-order valence-electron chi connectivity index (χ0n) is 12.1. The van der Waals surface area contributed by atoms with Gasteiger partial charge in [0, 0.05) is 12.4 Å². The summed E-state index contributed by atoms with van der Waals surface area (Å²) >= 11 is 0.990. The van der Waals surface area contributed by atoms with E-state index in [0.717, 1.165) is 27.4 Å². The number of pyridine rings is 1. The van der Waals surface area contributed by atoms with Crippen molar-refractivity contribution in [1.82, 2.24) is 9.38 Å². The second-order valence-electron chi connectivity index (χ2n) is 6.18. The van der Waals surface area contributed by atoms with Crippen LogP contribution in [0.4, 0.5) is 0 Å². The van der Waals surface area contributed by atoms with Gasteiger partial charge in [-0.15, -0.1) is 0 Å². The molecule has 3 rings (SSSR count). The van der Waals surface area contributed by atoms with Gasteiger partial charge in [0.25, 0.3) is 16.3 Å². The highest BCUT2D eigenvalue weighted by Crippen LogP contribution is 2.36. The van der Waals surface area contributed by atoms with Gasteiger partial charge < -0.3 is 13.7 Å². The Morgan fingerprint density at radius 3 is 2.47 bits per heavy atom. The van der Waals surface area contributed by atoms with Gasteiger partial charge in [0.2, 0.25) is 0 Å². The quantitative estimate of drug-likeness (QED) is 0.680. The van der Waals surface area contributed by atoms with Gasteiger partial charge in [0.05, 0.1) is 11.2 Å². The SMILES string of the molecule is CC1(C)OB(c2ccn3[c]([AlH2])cnc3c2)OC1(C)C. The molecule has 6 heteroatoms. The summed E-state index contributed by atoms with van der Waals surface area (Å²) in [5, 5.41) is 0. The lowest BCUT2D eigenvalue weighted by molar-refractivity contribution is 0.00578. The summed E-state index contributed by atoms with van der Waals surface area (Å²) in [4.78, 5) is 4.41. The predicted molar refractivity (Wildman–Crippen MR) is 79.1 cm³/mol. The van der Waals surface area contributed by atoms with Gasteiger partial charge in [-0.2, -0.15) is 0 Å². The van der Waals surface area contributed by atoms with Crippen molar-refractivity contribution in [2.45, 2.75) is 38.9 Å². The molecule has 0 unspecified atom stereocenters. The van der Waals surface area contributed by atoms with Crippen LogP contribution in [0.15, 0.2) is 24.5 Å². The van der Waals surface area contributed by atoms with Gasteiger partial charge in [-0.3, -0.25) is 0 Å². The van der Waals surface area contributed by atoms with Crippen LogP contribution < -0.4 is 10.0 Å². The Bertz CT molecular complexity index is 623. The van der Waals surface area contributed by atoms with Crippen molar-refractivity contribution in [3.8, 4) is 0 Å². The Labute approximate surface area is 121 Å². The lowest BCUT2D eigenvalue weighted by Gasteiger charge is -2.32. The monoisotopic (exact) mass is 272 g/mol. The van der Waals surface area contributed by atoms with Gasteiger partial charge in [0.1, 0.15) is 5.65 Å². The first-order valence-electron chi connectivity index (χ1n) is 6.59. The average Bonchev–Trinajstić information content (AvgIpc) is 2.78. The normalized spacial score (nSPS) is 21.2. The molecule has 3 heterocycles. The molecular weight excluding hydrogens is 254 g/mol. The van der Waals surface area contributed by atoms with Crippen LogP contribution in [-0.4, -0.2) is 44.0 Å². The molecule has 4 nitrogen and oxygen atoms in total. The molecular formula is C13H18AlBN2O2. The standard InChI is InChI=1S/C13H16BN2O2.Al.2H/c1-12(2)13(3,4)18-14(17-12)10-5-7-16-8-6-15-11(16)9-10;;;/h5-7,9H,1-4H3;;;. The smallest absolute Gasteiger partial charge is 0.399 e. The topological polar surface area (TPSA) is 35.8 Å². The van der Waals surface area contributed by atoms with E-state index in [0.29, 0.717) is 0 Å². The molecule has 1 fully saturated rings. The number of hydrogen-bond acceptors (Lipinski definition) is 3. The molecule has 19 heavy (non-hydrogen) atoms. The van der Waals surface area contributed by atoms with E-state index in [1.54, 1.807) is 0 Å². The Morgan fingerprint density at radius 1 is 1.21 bits per heavy atom. The highest BCUT2D eigenvalue weighted by Gasteiger charge is 2.51. The van der Waals surface area contributed by atoms with E-state index in [2.05, 4.69) is 43.1 Å². The van der Waals surface area contributed by atoms with Gasteiger partial charge in [-0.05, 0) is 49.8 Å². The van der Waals surface area contributed by atoms with E-state index in [4.69, 9.17) is 9.31 Å². The fourth-order valence-electron chi connectivity index (χ4n) is 2.25. The molecule has 2 aromatic rings. The molecule has 2 aromatic heterocycles. The largest absolute Gasteiger partial charge is 0.495 e. The molecule has 0 bridgehead atoms. The van der Waals surface area contributed by atoms with Gasteiger partial charge >= 0.3 is 7.12 Å². The van der Waals surface area contributed by atoms with E-state index in [1.807, 2.05) is 18.5 Å². The van der Waals surface area contributed by atoms with E-state index < -0.39 is 0 Å². The second kappa shape index (κ2) is 4.10. The maximum atomic E-state index is 6.06. The van der Waals surface area contributed by atoms with E-state index in [-0.39, 0.29) is 18.3 Å². The Hall–Kier alpha value is -0.793. The summed E-state index contributed by atoms with van der Waals surface area (Å²) in [5.74, 6) is 0. The minimum Gasteiger partial charge on any atom is -0.399 e. The minimum absolute atomic E-state index is 0.304. The van der Waals surface area contributed by atoms with Crippen molar-refractivity contribution < 1.29 is 9.31 Å². The summed E-state index contributed by atoms with van der Waals surface area (Å²) < 4.78 is 15.5. The van der Waals surface area contributed by atoms with E-state index in [1.165, 1.54) is 4.56 Å². The Balaban J connectivity index is 1.98. The Kier molecular flexibility index (Phi) is 2.85. The fraction of sp³-hybridized carbons (Fsp3) is 0.462. The Morgan fingerprint density at radius 2 is 1.84 bits per heavy atom. The van der Waals surface area contributed by atoms with Gasteiger partial charge in [0.15, 0.2) is 0 Å². The van der Waals surface area contributed by atoms with Crippen LogP contribution in [0.2, 0.25) is 0 Å². The number of rotatable bonds is 1. The van der Waals surface area contributed by atoms with Crippen LogP contribution >= 0.6 is 0 Å². The van der Waals surface area contributed by atoms with E-state index >= 15 is 0 Å². The number of imidazole rings is 1. The third kappa shape index (κ3) is 2.04. The molecule has 1 aliphatic rings. The molecule has 1 saturated heterocycles. The van der Waals surface area contributed by atoms with Crippen LogP contribution in [0.3, 0.4) is 0 Å². The minimum atomic E-state index is -0.316. The van der Waals surface area contributed by atoms with Crippen LogP contribution in [0, 0.1) is 0 Å². The van der Waals surface area contributed by atoms with Crippen LogP contribution in [0.5, 0.6) is 0 Å². The number of nitrogens with zero attached hydrogens (tertiary/aromatic N) is 2. The zero-order valence-corrected chi connectivity index (χ0v) is 14.1. The summed E-state index contributed by atoms with van der Waals surface area (Å²) in [5.41, 5.74) is 1.38. The highest BCUT2D eigenvalue weighted by atomic mass is 27.0. The third-order valence-electron chi connectivity index (χ3n) is 4.25. The van der Waals surface area contributed by atoms with Crippen LogP contribution in [-0.2, 0) is 9.31 Å². The maximum absolute atomic E-state index is 6.06. The molecule has 1 aliphatic heterocycles. The molecule has 0 radical (unpaired) electrons. The first-order valence-corrected chi connectivity index (χ1v) is 7.59. The van der Waals surface area contributed by atoms with Crippen molar-refractivity contribution in [3.05, 3.63) is 24.5 Å². The summed E-state index contributed by atoms with van der Waals surface area (Å²) in [6.07, 6.45) is 3.97. The van der Waals surface area contributed by atoms with E-state index in [9.17, 15) is 0 Å². The number of hydrogen-bond donors (Lipinski definition) is 0. The van der Waals surface area contributed by atoms with Gasteiger partial charge in [-0.1, -0.05) is 0 Å². The van der Waals surface area contributed by atoms with Crippen molar-refractivity contribution in [1.29, 1.82) is 0 Å². The lowest BCUT2D eigenvalue weighted by Crippen LogP contribution is -2.41. The van der Waals surface area contributed by atoms with Crippen molar-refractivity contribution in [2.75, 3.05) is 0 Å². The first-order chi connectivity index (χ1) is 8.80. The third-order valence-corrected chi connectivity index (χ3v) is 4.99.